The molecule has 0 unspecified atom stereocenters. The van der Waals surface area contributed by atoms with Gasteiger partial charge in [0.25, 0.3) is 10.0 Å². The quantitative estimate of drug-likeness (QED) is 0.398. The van der Waals surface area contributed by atoms with Crippen LogP contribution in [0.3, 0.4) is 0 Å². The Morgan fingerprint density at radius 2 is 1.92 bits per heavy atom. The van der Waals surface area contributed by atoms with E-state index in [2.05, 4.69) is 5.32 Å². The lowest BCUT2D eigenvalue weighted by Crippen LogP contribution is -2.45. The molecule has 1 aliphatic heterocycles. The molecule has 4 rings (SSSR count). The van der Waals surface area contributed by atoms with Crippen LogP contribution in [0, 0.1) is 0 Å². The molecule has 1 aromatic heterocycles. The number of hydrogen-bond acceptors (Lipinski definition) is 5. The number of nitrogens with zero attached hydrogens (tertiary/aromatic N) is 1. The minimum absolute atomic E-state index is 0.0123. The van der Waals surface area contributed by atoms with Gasteiger partial charge in [0.15, 0.2) is 0 Å². The van der Waals surface area contributed by atoms with Gasteiger partial charge in [-0.25, -0.2) is 8.42 Å². The van der Waals surface area contributed by atoms with E-state index in [1.165, 1.54) is 34.6 Å². The smallest absolute Gasteiger partial charge is 0.416 e. The maximum Gasteiger partial charge on any atom is 0.416 e. The van der Waals surface area contributed by atoms with Crippen molar-refractivity contribution in [3.63, 3.8) is 0 Å². The summed E-state index contributed by atoms with van der Waals surface area (Å²) in [7, 11) is -3.84. The highest BCUT2D eigenvalue weighted by atomic mass is 35.5. The summed E-state index contributed by atoms with van der Waals surface area (Å²) >= 11 is 6.82. The first-order valence-electron chi connectivity index (χ1n) is 11.0. The minimum atomic E-state index is -4.48. The van der Waals surface area contributed by atoms with E-state index in [-0.39, 0.29) is 29.5 Å². The fourth-order valence-electron chi connectivity index (χ4n) is 3.98. The largest absolute Gasteiger partial charge is 0.489 e. The second kappa shape index (κ2) is 10.8. The lowest BCUT2D eigenvalue weighted by Gasteiger charge is -2.22. The Balaban J connectivity index is 1.38. The average Bonchev–Trinajstić information content (AvgIpc) is 3.51. The van der Waals surface area contributed by atoms with Gasteiger partial charge in [-0.05, 0) is 48.7 Å². The predicted molar refractivity (Wildman–Crippen MR) is 130 cm³/mol. The van der Waals surface area contributed by atoms with Crippen molar-refractivity contribution in [2.24, 2.45) is 0 Å². The molecule has 2 aromatic carbocycles. The van der Waals surface area contributed by atoms with Gasteiger partial charge in [-0.1, -0.05) is 41.9 Å². The molecular formula is C24H22ClF3N2O4S2. The Morgan fingerprint density at radius 1 is 1.14 bits per heavy atom. The Labute approximate surface area is 215 Å². The highest BCUT2D eigenvalue weighted by molar-refractivity contribution is 7.91. The molecule has 0 saturated carbocycles. The van der Waals surface area contributed by atoms with E-state index < -0.39 is 33.7 Å². The highest BCUT2D eigenvalue weighted by Crippen LogP contribution is 2.33. The van der Waals surface area contributed by atoms with Crippen molar-refractivity contribution >= 4 is 38.9 Å². The zero-order valence-electron chi connectivity index (χ0n) is 18.8. The van der Waals surface area contributed by atoms with Crippen LogP contribution in [0.25, 0.3) is 0 Å². The molecule has 0 radical (unpaired) electrons. The summed E-state index contributed by atoms with van der Waals surface area (Å²) in [6.07, 6.45) is -3.53. The molecule has 192 valence electrons. The van der Waals surface area contributed by atoms with Gasteiger partial charge >= 0.3 is 6.18 Å². The van der Waals surface area contributed by atoms with E-state index in [0.29, 0.717) is 28.5 Å². The number of rotatable bonds is 8. The van der Waals surface area contributed by atoms with Crippen LogP contribution >= 0.6 is 22.9 Å². The van der Waals surface area contributed by atoms with E-state index in [1.54, 1.807) is 24.3 Å². The average molecular weight is 559 g/mol. The second-order valence-corrected chi connectivity index (χ2v) is 12.0. The molecule has 2 heterocycles. The molecule has 12 heteroatoms. The zero-order chi connectivity index (χ0) is 25.9. The molecule has 1 atom stereocenters. The molecule has 0 bridgehead atoms. The molecular weight excluding hydrogens is 537 g/mol. The molecule has 1 aliphatic rings. The summed E-state index contributed by atoms with van der Waals surface area (Å²) in [5.74, 6) is -0.0810. The van der Waals surface area contributed by atoms with Crippen LogP contribution < -0.4 is 10.1 Å². The number of alkyl halides is 3. The number of carbonyl (C=O) groups is 1. The third-order valence-electron chi connectivity index (χ3n) is 5.70. The van der Waals surface area contributed by atoms with Crippen molar-refractivity contribution in [1.29, 1.82) is 0 Å². The Morgan fingerprint density at radius 3 is 2.64 bits per heavy atom. The number of nitrogens with one attached hydrogen (secondary N) is 1. The molecule has 0 spiro atoms. The minimum Gasteiger partial charge on any atom is -0.489 e. The summed E-state index contributed by atoms with van der Waals surface area (Å²) < 4.78 is 72.7. The first-order valence-corrected chi connectivity index (χ1v) is 13.6. The SMILES string of the molecule is O=C(NCc1cccc(OCc2ccccc2C(F)(F)F)c1)[C@@H]1CCCN1S(=O)(=O)c1ccc(Cl)s1. The summed E-state index contributed by atoms with van der Waals surface area (Å²) in [5, 5.41) is 2.76. The number of thiophene rings is 1. The van der Waals surface area contributed by atoms with E-state index >= 15 is 0 Å². The van der Waals surface area contributed by atoms with Crippen molar-refractivity contribution in [2.45, 2.75) is 42.4 Å². The van der Waals surface area contributed by atoms with Crippen LogP contribution in [0.1, 0.15) is 29.5 Å². The maximum absolute atomic E-state index is 13.2. The number of benzene rings is 2. The molecule has 6 nitrogen and oxygen atoms in total. The summed E-state index contributed by atoms with van der Waals surface area (Å²) in [4.78, 5) is 12.9. The first kappa shape index (κ1) is 26.5. The van der Waals surface area contributed by atoms with Crippen LogP contribution in [0.5, 0.6) is 5.75 Å². The number of hydrogen-bond donors (Lipinski definition) is 1. The van der Waals surface area contributed by atoms with Crippen molar-refractivity contribution in [1.82, 2.24) is 9.62 Å². The molecule has 3 aromatic rings. The predicted octanol–water partition coefficient (Wildman–Crippen LogP) is 5.47. The first-order chi connectivity index (χ1) is 17.1. The van der Waals surface area contributed by atoms with Crippen LogP contribution in [0.15, 0.2) is 64.9 Å². The van der Waals surface area contributed by atoms with Gasteiger partial charge in [-0.15, -0.1) is 11.3 Å². The van der Waals surface area contributed by atoms with E-state index in [0.717, 1.165) is 17.4 Å². The molecule has 1 amide bonds. The van der Waals surface area contributed by atoms with Gasteiger partial charge in [0.1, 0.15) is 22.6 Å². The number of ether oxygens (including phenoxy) is 1. The van der Waals surface area contributed by atoms with Gasteiger partial charge in [0, 0.05) is 18.7 Å². The van der Waals surface area contributed by atoms with Crippen LogP contribution in [0.4, 0.5) is 13.2 Å². The highest BCUT2D eigenvalue weighted by Gasteiger charge is 2.40. The maximum atomic E-state index is 13.2. The van der Waals surface area contributed by atoms with Crippen molar-refractivity contribution < 1.29 is 31.1 Å². The van der Waals surface area contributed by atoms with E-state index in [4.69, 9.17) is 16.3 Å². The number of carbonyl (C=O) groups excluding carboxylic acids is 1. The Bertz CT molecular complexity index is 1340. The van der Waals surface area contributed by atoms with Gasteiger partial charge in [-0.3, -0.25) is 4.79 Å². The third-order valence-corrected chi connectivity index (χ3v) is 9.31. The molecule has 1 N–H and O–H groups in total. The Kier molecular flexibility index (Phi) is 7.93. The fraction of sp³-hybridized carbons (Fsp3) is 0.292. The molecule has 1 saturated heterocycles. The summed E-state index contributed by atoms with van der Waals surface area (Å²) in [6.45, 7) is 0.0657. The van der Waals surface area contributed by atoms with Gasteiger partial charge < -0.3 is 10.1 Å². The summed E-state index contributed by atoms with van der Waals surface area (Å²) in [6, 6.07) is 13.9. The van der Waals surface area contributed by atoms with Crippen molar-refractivity contribution in [3.8, 4) is 5.75 Å². The standard InChI is InChI=1S/C24H22ClF3N2O4S2/c25-21-10-11-22(35-21)36(32,33)30-12-4-9-20(30)23(31)29-14-16-5-3-7-18(13-16)34-15-17-6-1-2-8-19(17)24(26,27)28/h1-3,5-8,10-11,13,20H,4,9,12,14-15H2,(H,29,31)/t20-/m0/s1. The fourth-order valence-corrected chi connectivity index (χ4v) is 7.25. The third kappa shape index (κ3) is 6.03. The van der Waals surface area contributed by atoms with Gasteiger partial charge in [0.2, 0.25) is 5.91 Å². The lowest BCUT2D eigenvalue weighted by atomic mass is 10.1. The second-order valence-electron chi connectivity index (χ2n) is 8.14. The molecule has 1 fully saturated rings. The topological polar surface area (TPSA) is 75.7 Å². The van der Waals surface area contributed by atoms with Crippen LogP contribution in [-0.4, -0.2) is 31.2 Å². The van der Waals surface area contributed by atoms with E-state index in [9.17, 15) is 26.4 Å². The van der Waals surface area contributed by atoms with Gasteiger partial charge in [0.05, 0.1) is 9.90 Å². The number of halogens is 4. The number of amides is 1. The lowest BCUT2D eigenvalue weighted by molar-refractivity contribution is -0.138. The number of sulfonamides is 1. The monoisotopic (exact) mass is 558 g/mol. The Hall–Kier alpha value is -2.60. The van der Waals surface area contributed by atoms with Crippen molar-refractivity contribution in [3.05, 3.63) is 81.7 Å². The molecule has 0 aliphatic carbocycles. The van der Waals surface area contributed by atoms with Crippen LogP contribution in [0.2, 0.25) is 4.34 Å². The van der Waals surface area contributed by atoms with Gasteiger partial charge in [-0.2, -0.15) is 17.5 Å². The normalized spacial score (nSPS) is 16.7. The van der Waals surface area contributed by atoms with Crippen LogP contribution in [-0.2, 0) is 34.1 Å². The van der Waals surface area contributed by atoms with Crippen molar-refractivity contribution in [2.75, 3.05) is 6.54 Å². The molecule has 36 heavy (non-hydrogen) atoms. The van der Waals surface area contributed by atoms with E-state index in [1.807, 2.05) is 0 Å². The zero-order valence-corrected chi connectivity index (χ0v) is 21.2. The summed E-state index contributed by atoms with van der Waals surface area (Å²) in [5.41, 5.74) is -0.0880.